The summed E-state index contributed by atoms with van der Waals surface area (Å²) in [5.41, 5.74) is 2.88. The molecule has 0 N–H and O–H groups in total. The minimum atomic E-state index is 0.895. The molecular formula is C18H30N2O2+2. The van der Waals surface area contributed by atoms with Crippen LogP contribution in [0.3, 0.4) is 0 Å². The lowest BCUT2D eigenvalue weighted by Crippen LogP contribution is -2.51. The predicted molar refractivity (Wildman–Crippen MR) is 87.3 cm³/mol. The monoisotopic (exact) mass is 306 g/mol. The average Bonchev–Trinajstić information content (AvgIpc) is 2.50. The third kappa shape index (κ3) is 4.07. The molecule has 4 heteroatoms. The smallest absolute Gasteiger partial charge is 0.104 e. The molecule has 0 amide bonds. The van der Waals surface area contributed by atoms with Gasteiger partial charge in [-0.2, -0.15) is 0 Å². The molecule has 4 nitrogen and oxygen atoms in total. The van der Waals surface area contributed by atoms with Crippen LogP contribution in [0.4, 0.5) is 0 Å². The molecule has 0 aromatic heterocycles. The summed E-state index contributed by atoms with van der Waals surface area (Å²) >= 11 is 0. The number of morpholine rings is 2. The molecule has 0 atom stereocenters. The molecule has 0 spiro atoms. The van der Waals surface area contributed by atoms with Gasteiger partial charge in [-0.3, -0.25) is 0 Å². The summed E-state index contributed by atoms with van der Waals surface area (Å²) in [6.07, 6.45) is 0. The lowest BCUT2D eigenvalue weighted by molar-refractivity contribution is -0.929. The van der Waals surface area contributed by atoms with Gasteiger partial charge in [0.15, 0.2) is 0 Å². The highest BCUT2D eigenvalue weighted by molar-refractivity contribution is 5.21. The summed E-state index contributed by atoms with van der Waals surface area (Å²) in [5.74, 6) is 0. The van der Waals surface area contributed by atoms with Crippen LogP contribution in [-0.2, 0) is 22.6 Å². The third-order valence-electron chi connectivity index (χ3n) is 5.25. The Hall–Kier alpha value is -0.940. The van der Waals surface area contributed by atoms with Crippen molar-refractivity contribution in [2.45, 2.75) is 13.1 Å². The number of benzene rings is 1. The van der Waals surface area contributed by atoms with Gasteiger partial charge < -0.3 is 18.4 Å². The molecule has 0 saturated carbocycles. The highest BCUT2D eigenvalue weighted by Gasteiger charge is 2.27. The Morgan fingerprint density at radius 1 is 0.682 bits per heavy atom. The van der Waals surface area contributed by atoms with Gasteiger partial charge in [-0.15, -0.1) is 0 Å². The van der Waals surface area contributed by atoms with Gasteiger partial charge in [-0.1, -0.05) is 24.3 Å². The fourth-order valence-corrected chi connectivity index (χ4v) is 3.52. The molecule has 0 radical (unpaired) electrons. The van der Waals surface area contributed by atoms with E-state index in [9.17, 15) is 0 Å². The molecule has 0 aliphatic carbocycles. The molecule has 22 heavy (non-hydrogen) atoms. The van der Waals surface area contributed by atoms with Gasteiger partial charge in [-0.25, -0.2) is 0 Å². The van der Waals surface area contributed by atoms with Crippen molar-refractivity contribution in [3.63, 3.8) is 0 Å². The summed E-state index contributed by atoms with van der Waals surface area (Å²) in [5, 5.41) is 0. The Balaban J connectivity index is 1.60. The van der Waals surface area contributed by atoms with Crippen molar-refractivity contribution in [1.82, 2.24) is 0 Å². The number of likely N-dealkylation sites (N-methyl/N-ethyl adjacent to an activating group) is 2. The van der Waals surface area contributed by atoms with Crippen LogP contribution in [0, 0.1) is 0 Å². The van der Waals surface area contributed by atoms with Gasteiger partial charge in [0.05, 0.1) is 40.5 Å². The average molecular weight is 306 g/mol. The number of nitrogens with zero attached hydrogens (tertiary/aromatic N) is 2. The van der Waals surface area contributed by atoms with Crippen LogP contribution in [0.1, 0.15) is 11.1 Å². The molecule has 0 unspecified atom stereocenters. The Morgan fingerprint density at radius 3 is 1.32 bits per heavy atom. The van der Waals surface area contributed by atoms with E-state index in [0.29, 0.717) is 0 Å². The van der Waals surface area contributed by atoms with Crippen LogP contribution in [0.15, 0.2) is 24.3 Å². The van der Waals surface area contributed by atoms with E-state index < -0.39 is 0 Å². The second kappa shape index (κ2) is 6.67. The molecular weight excluding hydrogens is 276 g/mol. The fraction of sp³-hybridized carbons (Fsp3) is 0.667. The van der Waals surface area contributed by atoms with E-state index in [0.717, 1.165) is 74.7 Å². The summed E-state index contributed by atoms with van der Waals surface area (Å²) in [6.45, 7) is 10.3. The van der Waals surface area contributed by atoms with Crippen LogP contribution in [0.2, 0.25) is 0 Å². The molecule has 2 heterocycles. The van der Waals surface area contributed by atoms with Gasteiger partial charge in [-0.05, 0) is 0 Å². The van der Waals surface area contributed by atoms with E-state index in [1.807, 2.05) is 0 Å². The van der Waals surface area contributed by atoms with Crippen LogP contribution in [0.5, 0.6) is 0 Å². The van der Waals surface area contributed by atoms with Gasteiger partial charge in [0.1, 0.15) is 39.3 Å². The lowest BCUT2D eigenvalue weighted by Gasteiger charge is -2.38. The first-order valence-electron chi connectivity index (χ1n) is 8.47. The summed E-state index contributed by atoms with van der Waals surface area (Å²) in [4.78, 5) is 0. The lowest BCUT2D eigenvalue weighted by atomic mass is 10.1. The fourth-order valence-electron chi connectivity index (χ4n) is 3.52. The van der Waals surface area contributed by atoms with Crippen LogP contribution in [0.25, 0.3) is 0 Å². The largest absolute Gasteiger partial charge is 0.370 e. The SMILES string of the molecule is C[N+]1(Cc2ccc(C[N+]3(C)CCOCC3)cc2)CCOCC1. The van der Waals surface area contributed by atoms with Crippen molar-refractivity contribution >= 4 is 0 Å². The highest BCUT2D eigenvalue weighted by atomic mass is 16.5. The van der Waals surface area contributed by atoms with Gasteiger partial charge in [0.25, 0.3) is 0 Å². The van der Waals surface area contributed by atoms with Crippen molar-refractivity contribution in [2.24, 2.45) is 0 Å². The van der Waals surface area contributed by atoms with Crippen molar-refractivity contribution in [3.8, 4) is 0 Å². The standard InChI is InChI=1S/C18H30N2O2/c1-19(7-11-21-12-8-19)15-17-3-5-18(6-4-17)16-20(2)9-13-22-14-10-20/h3-6H,7-16H2,1-2H3/q+2. The maximum atomic E-state index is 5.49. The van der Waals surface area contributed by atoms with Crippen LogP contribution < -0.4 is 0 Å². The van der Waals surface area contributed by atoms with E-state index in [2.05, 4.69) is 38.4 Å². The Bertz CT molecular complexity index is 429. The maximum absolute atomic E-state index is 5.49. The van der Waals surface area contributed by atoms with Crippen LogP contribution >= 0.6 is 0 Å². The number of hydrogen-bond acceptors (Lipinski definition) is 2. The predicted octanol–water partition coefficient (Wildman–Crippen LogP) is 1.64. The molecule has 2 fully saturated rings. The minimum Gasteiger partial charge on any atom is -0.370 e. The molecule has 2 saturated heterocycles. The zero-order chi connectivity index (χ0) is 15.5. The molecule has 2 aliphatic heterocycles. The maximum Gasteiger partial charge on any atom is 0.104 e. The first-order chi connectivity index (χ1) is 10.6. The summed E-state index contributed by atoms with van der Waals surface area (Å²) in [7, 11) is 4.69. The first kappa shape index (κ1) is 15.9. The topological polar surface area (TPSA) is 18.5 Å². The highest BCUT2D eigenvalue weighted by Crippen LogP contribution is 2.18. The van der Waals surface area contributed by atoms with Crippen LogP contribution in [-0.4, -0.2) is 75.7 Å². The number of quaternary nitrogens is 2. The van der Waals surface area contributed by atoms with Gasteiger partial charge in [0, 0.05) is 11.1 Å². The Labute approximate surface area is 134 Å². The zero-order valence-electron chi connectivity index (χ0n) is 14.1. The van der Waals surface area contributed by atoms with Gasteiger partial charge in [0.2, 0.25) is 0 Å². The normalized spacial score (nSPS) is 24.1. The quantitative estimate of drug-likeness (QED) is 0.788. The van der Waals surface area contributed by atoms with E-state index in [1.165, 1.54) is 11.1 Å². The van der Waals surface area contributed by atoms with Crippen molar-refractivity contribution < 1.29 is 18.4 Å². The van der Waals surface area contributed by atoms with E-state index in [4.69, 9.17) is 9.47 Å². The van der Waals surface area contributed by atoms with Gasteiger partial charge >= 0.3 is 0 Å². The third-order valence-corrected chi connectivity index (χ3v) is 5.25. The zero-order valence-corrected chi connectivity index (χ0v) is 14.1. The van der Waals surface area contributed by atoms with E-state index >= 15 is 0 Å². The second-order valence-electron chi connectivity index (χ2n) is 7.49. The Morgan fingerprint density at radius 2 is 1.00 bits per heavy atom. The number of ether oxygens (including phenoxy) is 2. The Kier molecular flexibility index (Phi) is 4.83. The minimum absolute atomic E-state index is 0.895. The number of hydrogen-bond donors (Lipinski definition) is 0. The van der Waals surface area contributed by atoms with E-state index in [1.54, 1.807) is 0 Å². The second-order valence-corrected chi connectivity index (χ2v) is 7.49. The first-order valence-corrected chi connectivity index (χ1v) is 8.47. The molecule has 1 aromatic carbocycles. The summed E-state index contributed by atoms with van der Waals surface area (Å²) < 4.78 is 13.2. The van der Waals surface area contributed by atoms with Crippen molar-refractivity contribution in [3.05, 3.63) is 35.4 Å². The molecule has 0 bridgehead atoms. The molecule has 122 valence electrons. The molecule has 2 aliphatic rings. The van der Waals surface area contributed by atoms with Crippen molar-refractivity contribution in [1.29, 1.82) is 0 Å². The molecule has 3 rings (SSSR count). The molecule has 1 aromatic rings. The number of rotatable bonds is 4. The van der Waals surface area contributed by atoms with E-state index in [-0.39, 0.29) is 0 Å². The van der Waals surface area contributed by atoms with Crippen molar-refractivity contribution in [2.75, 3.05) is 66.7 Å². The summed E-state index contributed by atoms with van der Waals surface area (Å²) in [6, 6.07) is 9.28.